The van der Waals surface area contributed by atoms with E-state index in [0.717, 1.165) is 18.7 Å². The summed E-state index contributed by atoms with van der Waals surface area (Å²) in [4.78, 5) is 14.6. The highest BCUT2D eigenvalue weighted by molar-refractivity contribution is 5.64. The van der Waals surface area contributed by atoms with Gasteiger partial charge in [-0.2, -0.15) is 0 Å². The third-order valence-electron chi connectivity index (χ3n) is 2.81. The van der Waals surface area contributed by atoms with E-state index in [1.807, 2.05) is 12.3 Å². The standard InChI is InChI=1S/C11H15N3O2/c1-7-10-4-9(6-14-11(15)16)13-5-8(10)2-3-12-7/h4-5,7,12,14H,2-3,6H2,1H3,(H,15,16). The van der Waals surface area contributed by atoms with Gasteiger partial charge in [-0.05, 0) is 37.1 Å². The van der Waals surface area contributed by atoms with Crippen molar-refractivity contribution in [3.8, 4) is 0 Å². The molecule has 1 unspecified atom stereocenters. The third kappa shape index (κ3) is 2.30. The lowest BCUT2D eigenvalue weighted by Crippen LogP contribution is -2.28. The molecule has 0 aliphatic carbocycles. The summed E-state index contributed by atoms with van der Waals surface area (Å²) in [5.74, 6) is 0. The van der Waals surface area contributed by atoms with Gasteiger partial charge >= 0.3 is 6.09 Å². The summed E-state index contributed by atoms with van der Waals surface area (Å²) in [7, 11) is 0. The topological polar surface area (TPSA) is 74.2 Å². The van der Waals surface area contributed by atoms with Crippen LogP contribution in [0.25, 0.3) is 0 Å². The number of carboxylic acid groups (broad SMARTS) is 1. The zero-order valence-corrected chi connectivity index (χ0v) is 9.16. The van der Waals surface area contributed by atoms with Gasteiger partial charge in [-0.25, -0.2) is 4.79 Å². The van der Waals surface area contributed by atoms with Crippen LogP contribution in [0.5, 0.6) is 0 Å². The molecule has 0 aromatic carbocycles. The van der Waals surface area contributed by atoms with Gasteiger partial charge in [0, 0.05) is 12.2 Å². The maximum Gasteiger partial charge on any atom is 0.404 e. The second kappa shape index (κ2) is 4.49. The monoisotopic (exact) mass is 221 g/mol. The van der Waals surface area contributed by atoms with Gasteiger partial charge in [-0.1, -0.05) is 0 Å². The van der Waals surface area contributed by atoms with E-state index in [9.17, 15) is 4.79 Å². The van der Waals surface area contributed by atoms with Gasteiger partial charge in [-0.3, -0.25) is 4.98 Å². The van der Waals surface area contributed by atoms with Gasteiger partial charge in [-0.15, -0.1) is 0 Å². The molecular weight excluding hydrogens is 206 g/mol. The van der Waals surface area contributed by atoms with Crippen molar-refractivity contribution in [3.63, 3.8) is 0 Å². The van der Waals surface area contributed by atoms with Crippen LogP contribution in [0.2, 0.25) is 0 Å². The zero-order valence-electron chi connectivity index (χ0n) is 9.16. The van der Waals surface area contributed by atoms with Gasteiger partial charge in [0.25, 0.3) is 0 Å². The van der Waals surface area contributed by atoms with Crippen LogP contribution in [0.15, 0.2) is 12.3 Å². The fourth-order valence-electron chi connectivity index (χ4n) is 1.95. The van der Waals surface area contributed by atoms with Gasteiger partial charge < -0.3 is 15.7 Å². The van der Waals surface area contributed by atoms with E-state index in [4.69, 9.17) is 5.11 Å². The van der Waals surface area contributed by atoms with Gasteiger partial charge in [0.05, 0.1) is 12.2 Å². The Balaban J connectivity index is 2.17. The molecule has 2 heterocycles. The minimum absolute atomic E-state index is 0.259. The number of hydrogen-bond donors (Lipinski definition) is 3. The number of carbonyl (C=O) groups is 1. The van der Waals surface area contributed by atoms with Crippen LogP contribution in [0.3, 0.4) is 0 Å². The van der Waals surface area contributed by atoms with E-state index in [2.05, 4.69) is 22.5 Å². The highest BCUT2D eigenvalue weighted by atomic mass is 16.4. The SMILES string of the molecule is CC1NCCc2cnc(CNC(=O)O)cc21. The number of pyridine rings is 1. The highest BCUT2D eigenvalue weighted by Gasteiger charge is 2.16. The molecule has 16 heavy (non-hydrogen) atoms. The Morgan fingerprint density at radius 2 is 2.56 bits per heavy atom. The van der Waals surface area contributed by atoms with Crippen molar-refractivity contribution in [3.05, 3.63) is 29.1 Å². The lowest BCUT2D eigenvalue weighted by molar-refractivity contribution is 0.194. The third-order valence-corrected chi connectivity index (χ3v) is 2.81. The Labute approximate surface area is 93.9 Å². The van der Waals surface area contributed by atoms with E-state index < -0.39 is 6.09 Å². The molecule has 86 valence electrons. The van der Waals surface area contributed by atoms with Crippen LogP contribution < -0.4 is 10.6 Å². The van der Waals surface area contributed by atoms with Crippen LogP contribution in [-0.2, 0) is 13.0 Å². The summed E-state index contributed by atoms with van der Waals surface area (Å²) in [6, 6.07) is 2.29. The number of amides is 1. The molecule has 5 nitrogen and oxygen atoms in total. The molecule has 1 aliphatic heterocycles. The van der Waals surface area contributed by atoms with Crippen molar-refractivity contribution < 1.29 is 9.90 Å². The fourth-order valence-corrected chi connectivity index (χ4v) is 1.95. The predicted molar refractivity (Wildman–Crippen MR) is 59.2 cm³/mol. The fraction of sp³-hybridized carbons (Fsp3) is 0.455. The summed E-state index contributed by atoms with van der Waals surface area (Å²) < 4.78 is 0. The van der Waals surface area contributed by atoms with Crippen molar-refractivity contribution in [2.24, 2.45) is 0 Å². The molecule has 1 atom stereocenters. The summed E-state index contributed by atoms with van der Waals surface area (Å²) in [5.41, 5.74) is 3.24. The summed E-state index contributed by atoms with van der Waals surface area (Å²) in [5, 5.41) is 14.2. The smallest absolute Gasteiger partial charge is 0.404 e. The van der Waals surface area contributed by atoms with Crippen LogP contribution in [-0.4, -0.2) is 22.7 Å². The van der Waals surface area contributed by atoms with E-state index in [0.29, 0.717) is 6.04 Å². The molecule has 0 saturated heterocycles. The van der Waals surface area contributed by atoms with Crippen LogP contribution >= 0.6 is 0 Å². The van der Waals surface area contributed by atoms with E-state index in [-0.39, 0.29) is 6.54 Å². The molecular formula is C11H15N3O2. The molecule has 0 spiro atoms. The van der Waals surface area contributed by atoms with Gasteiger partial charge in [0.1, 0.15) is 0 Å². The molecule has 1 aromatic rings. The number of aromatic nitrogens is 1. The molecule has 0 fully saturated rings. The van der Waals surface area contributed by atoms with Crippen LogP contribution in [0, 0.1) is 0 Å². The Morgan fingerprint density at radius 3 is 3.31 bits per heavy atom. The van der Waals surface area contributed by atoms with Crippen LogP contribution in [0.1, 0.15) is 29.8 Å². The first-order valence-electron chi connectivity index (χ1n) is 5.34. The first-order chi connectivity index (χ1) is 7.66. The molecule has 3 N–H and O–H groups in total. The lowest BCUT2D eigenvalue weighted by atomic mass is 9.96. The number of fused-ring (bicyclic) bond motifs is 1. The summed E-state index contributed by atoms with van der Waals surface area (Å²) >= 11 is 0. The lowest BCUT2D eigenvalue weighted by Gasteiger charge is -2.23. The maximum absolute atomic E-state index is 10.4. The quantitative estimate of drug-likeness (QED) is 0.698. The number of rotatable bonds is 2. The van der Waals surface area contributed by atoms with E-state index in [1.165, 1.54) is 11.1 Å². The predicted octanol–water partition coefficient (Wildman–Crippen LogP) is 1.06. The van der Waals surface area contributed by atoms with E-state index >= 15 is 0 Å². The van der Waals surface area contributed by atoms with Crippen molar-refractivity contribution >= 4 is 6.09 Å². The number of nitrogens with zero attached hydrogens (tertiary/aromatic N) is 1. The first kappa shape index (κ1) is 10.9. The van der Waals surface area contributed by atoms with Gasteiger partial charge in [0.2, 0.25) is 0 Å². The average Bonchev–Trinajstić information content (AvgIpc) is 2.27. The molecule has 0 saturated carbocycles. The molecule has 1 amide bonds. The molecule has 1 aromatic heterocycles. The van der Waals surface area contributed by atoms with Gasteiger partial charge in [0.15, 0.2) is 0 Å². The summed E-state index contributed by atoms with van der Waals surface area (Å²) in [6.07, 6.45) is 1.82. The summed E-state index contributed by atoms with van der Waals surface area (Å²) in [6.45, 7) is 3.34. The molecule has 0 radical (unpaired) electrons. The average molecular weight is 221 g/mol. The molecule has 1 aliphatic rings. The largest absolute Gasteiger partial charge is 0.465 e. The van der Waals surface area contributed by atoms with Crippen LogP contribution in [0.4, 0.5) is 4.79 Å². The zero-order chi connectivity index (χ0) is 11.5. The number of hydrogen-bond acceptors (Lipinski definition) is 3. The van der Waals surface area contributed by atoms with Crippen molar-refractivity contribution in [2.75, 3.05) is 6.54 Å². The Hall–Kier alpha value is -1.62. The van der Waals surface area contributed by atoms with Crippen molar-refractivity contribution in [1.82, 2.24) is 15.6 Å². The molecule has 0 bridgehead atoms. The van der Waals surface area contributed by atoms with Crippen molar-refractivity contribution in [1.29, 1.82) is 0 Å². The Bertz CT molecular complexity index is 406. The maximum atomic E-state index is 10.4. The minimum atomic E-state index is -1.02. The van der Waals surface area contributed by atoms with E-state index in [1.54, 1.807) is 0 Å². The second-order valence-corrected chi connectivity index (χ2v) is 3.96. The highest BCUT2D eigenvalue weighted by Crippen LogP contribution is 2.22. The first-order valence-corrected chi connectivity index (χ1v) is 5.34. The molecule has 2 rings (SSSR count). The Kier molecular flexibility index (Phi) is 3.05. The second-order valence-electron chi connectivity index (χ2n) is 3.96. The molecule has 5 heteroatoms. The minimum Gasteiger partial charge on any atom is -0.465 e. The normalized spacial score (nSPS) is 18.9. The number of nitrogens with one attached hydrogen (secondary N) is 2. The van der Waals surface area contributed by atoms with Crippen molar-refractivity contribution in [2.45, 2.75) is 25.9 Å². The Morgan fingerprint density at radius 1 is 1.75 bits per heavy atom.